The van der Waals surface area contributed by atoms with Crippen LogP contribution < -0.4 is 5.32 Å². The van der Waals surface area contributed by atoms with Crippen LogP contribution in [0.4, 0.5) is 0 Å². The smallest absolute Gasteiger partial charge is 0.194 e. The molecule has 1 aliphatic heterocycles. The number of guanidine groups is 1. The van der Waals surface area contributed by atoms with Crippen LogP contribution in [0.25, 0.3) is 0 Å². The van der Waals surface area contributed by atoms with Crippen LogP contribution in [0.15, 0.2) is 33.1 Å². The Bertz CT molecular complexity index is 650. The molecule has 2 aromatic rings. The number of piperazine rings is 1. The van der Waals surface area contributed by atoms with E-state index in [0.29, 0.717) is 6.54 Å². The van der Waals surface area contributed by atoms with E-state index in [1.807, 2.05) is 24.5 Å². The van der Waals surface area contributed by atoms with E-state index in [1.165, 1.54) is 4.88 Å². The molecule has 2 aromatic heterocycles. The minimum Gasteiger partial charge on any atom is -0.359 e. The SMILES string of the molecule is CCc1cc(CNC(=NC)N2CCN(Cc3cccs3)CC2)on1.I. The molecule has 1 N–H and O–H groups in total. The lowest BCUT2D eigenvalue weighted by atomic mass is 10.3. The summed E-state index contributed by atoms with van der Waals surface area (Å²) in [6.45, 7) is 7.83. The first-order chi connectivity index (χ1) is 11.8. The van der Waals surface area contributed by atoms with E-state index >= 15 is 0 Å². The van der Waals surface area contributed by atoms with Crippen molar-refractivity contribution in [1.29, 1.82) is 0 Å². The number of aryl methyl sites for hydroxylation is 1. The van der Waals surface area contributed by atoms with Gasteiger partial charge in [0.2, 0.25) is 0 Å². The molecule has 0 radical (unpaired) electrons. The molecule has 1 aliphatic rings. The van der Waals surface area contributed by atoms with E-state index < -0.39 is 0 Å². The predicted molar refractivity (Wildman–Crippen MR) is 113 cm³/mol. The van der Waals surface area contributed by atoms with Crippen molar-refractivity contribution in [3.8, 4) is 0 Å². The molecule has 1 saturated heterocycles. The summed E-state index contributed by atoms with van der Waals surface area (Å²) in [5.74, 6) is 1.78. The highest BCUT2D eigenvalue weighted by Gasteiger charge is 2.20. The molecule has 0 aromatic carbocycles. The summed E-state index contributed by atoms with van der Waals surface area (Å²) in [5, 5.41) is 9.54. The van der Waals surface area contributed by atoms with Gasteiger partial charge in [0.05, 0.1) is 12.2 Å². The normalized spacial score (nSPS) is 15.9. The summed E-state index contributed by atoms with van der Waals surface area (Å²) < 4.78 is 5.32. The lowest BCUT2D eigenvalue weighted by Crippen LogP contribution is -2.51. The average molecular weight is 475 g/mol. The molecule has 0 spiro atoms. The van der Waals surface area contributed by atoms with Gasteiger partial charge in [-0.2, -0.15) is 0 Å². The first-order valence-corrected chi connectivity index (χ1v) is 9.31. The third-order valence-electron chi connectivity index (χ3n) is 4.23. The van der Waals surface area contributed by atoms with Gasteiger partial charge in [-0.3, -0.25) is 9.89 Å². The Kier molecular flexibility index (Phi) is 8.17. The molecule has 138 valence electrons. The second-order valence-electron chi connectivity index (χ2n) is 5.88. The number of rotatable bonds is 5. The minimum absolute atomic E-state index is 0. The van der Waals surface area contributed by atoms with Gasteiger partial charge in [-0.05, 0) is 17.9 Å². The number of hydrogen-bond donors (Lipinski definition) is 1. The maximum absolute atomic E-state index is 5.32. The van der Waals surface area contributed by atoms with Crippen molar-refractivity contribution in [1.82, 2.24) is 20.3 Å². The lowest BCUT2D eigenvalue weighted by Gasteiger charge is -2.36. The van der Waals surface area contributed by atoms with E-state index in [4.69, 9.17) is 4.52 Å². The van der Waals surface area contributed by atoms with Gasteiger partial charge >= 0.3 is 0 Å². The zero-order chi connectivity index (χ0) is 16.8. The largest absolute Gasteiger partial charge is 0.359 e. The van der Waals surface area contributed by atoms with E-state index in [-0.39, 0.29) is 24.0 Å². The van der Waals surface area contributed by atoms with E-state index in [2.05, 4.69) is 49.7 Å². The number of halogens is 1. The number of aromatic nitrogens is 1. The Balaban J connectivity index is 0.00000225. The Labute approximate surface area is 170 Å². The van der Waals surface area contributed by atoms with E-state index in [1.54, 1.807) is 0 Å². The van der Waals surface area contributed by atoms with Crippen molar-refractivity contribution in [3.05, 3.63) is 39.9 Å². The molecule has 25 heavy (non-hydrogen) atoms. The zero-order valence-electron chi connectivity index (χ0n) is 14.8. The lowest BCUT2D eigenvalue weighted by molar-refractivity contribution is 0.173. The van der Waals surface area contributed by atoms with Crippen molar-refractivity contribution >= 4 is 41.3 Å². The fourth-order valence-electron chi connectivity index (χ4n) is 2.84. The predicted octanol–water partition coefficient (Wildman–Crippen LogP) is 2.81. The van der Waals surface area contributed by atoms with E-state index in [9.17, 15) is 0 Å². The van der Waals surface area contributed by atoms with Crippen molar-refractivity contribution in [2.45, 2.75) is 26.4 Å². The molecular formula is C17H26IN5OS. The van der Waals surface area contributed by atoms with Gasteiger partial charge in [0, 0.05) is 50.7 Å². The zero-order valence-corrected chi connectivity index (χ0v) is 17.9. The number of aliphatic imine (C=N–C) groups is 1. The molecule has 1 fully saturated rings. The van der Waals surface area contributed by atoms with Gasteiger partial charge in [0.1, 0.15) is 0 Å². The van der Waals surface area contributed by atoms with Crippen LogP contribution in [-0.4, -0.2) is 54.1 Å². The Morgan fingerprint density at radius 3 is 2.76 bits per heavy atom. The summed E-state index contributed by atoms with van der Waals surface area (Å²) in [6.07, 6.45) is 0.893. The second-order valence-corrected chi connectivity index (χ2v) is 6.91. The highest BCUT2D eigenvalue weighted by molar-refractivity contribution is 14.0. The van der Waals surface area contributed by atoms with Gasteiger partial charge in [0.25, 0.3) is 0 Å². The standard InChI is InChI=1S/C17H25N5OS.HI/c1-3-14-11-15(23-20-14)12-19-17(18-2)22-8-6-21(7-9-22)13-16-5-4-10-24-16;/h4-5,10-11H,3,6-9,12-13H2,1-2H3,(H,18,19);1H. The molecule has 0 amide bonds. The summed E-state index contributed by atoms with van der Waals surface area (Å²) >= 11 is 1.83. The average Bonchev–Trinajstić information content (AvgIpc) is 3.28. The van der Waals surface area contributed by atoms with E-state index in [0.717, 1.165) is 56.6 Å². The fraction of sp³-hybridized carbons (Fsp3) is 0.529. The Hall–Kier alpha value is -1.13. The first kappa shape index (κ1) is 20.2. The van der Waals surface area contributed by atoms with Crippen LogP contribution in [-0.2, 0) is 19.5 Å². The Morgan fingerprint density at radius 1 is 1.36 bits per heavy atom. The number of thiophene rings is 1. The van der Waals surface area contributed by atoms with Crippen molar-refractivity contribution < 1.29 is 4.52 Å². The second kappa shape index (κ2) is 10.1. The highest BCUT2D eigenvalue weighted by atomic mass is 127. The molecule has 0 atom stereocenters. The monoisotopic (exact) mass is 475 g/mol. The van der Waals surface area contributed by atoms with Crippen LogP contribution in [0.2, 0.25) is 0 Å². The summed E-state index contributed by atoms with van der Waals surface area (Å²) in [4.78, 5) is 10.6. The molecule has 8 heteroatoms. The summed E-state index contributed by atoms with van der Waals surface area (Å²) in [7, 11) is 1.83. The fourth-order valence-corrected chi connectivity index (χ4v) is 3.59. The molecule has 6 nitrogen and oxygen atoms in total. The maximum atomic E-state index is 5.32. The molecule has 3 rings (SSSR count). The van der Waals surface area contributed by atoms with Gasteiger partial charge in [-0.15, -0.1) is 35.3 Å². The number of hydrogen-bond acceptors (Lipinski definition) is 5. The third-order valence-corrected chi connectivity index (χ3v) is 5.10. The molecule has 3 heterocycles. The van der Waals surface area contributed by atoms with Gasteiger partial charge in [0.15, 0.2) is 11.7 Å². The summed E-state index contributed by atoms with van der Waals surface area (Å²) in [6, 6.07) is 6.33. The molecule has 0 saturated carbocycles. The first-order valence-electron chi connectivity index (χ1n) is 8.43. The number of nitrogens with one attached hydrogen (secondary N) is 1. The van der Waals surface area contributed by atoms with Crippen LogP contribution in [0, 0.1) is 0 Å². The van der Waals surface area contributed by atoms with Crippen molar-refractivity contribution in [3.63, 3.8) is 0 Å². The van der Waals surface area contributed by atoms with Crippen molar-refractivity contribution in [2.24, 2.45) is 4.99 Å². The molecule has 0 bridgehead atoms. The minimum atomic E-state index is 0. The van der Waals surface area contributed by atoms with Crippen LogP contribution in [0.3, 0.4) is 0 Å². The van der Waals surface area contributed by atoms with Crippen LogP contribution in [0.1, 0.15) is 23.3 Å². The summed E-state index contributed by atoms with van der Waals surface area (Å²) in [5.41, 5.74) is 0.990. The Morgan fingerprint density at radius 2 is 2.16 bits per heavy atom. The quantitative estimate of drug-likeness (QED) is 0.410. The van der Waals surface area contributed by atoms with Gasteiger partial charge in [-0.1, -0.05) is 18.1 Å². The van der Waals surface area contributed by atoms with Crippen molar-refractivity contribution in [2.75, 3.05) is 33.2 Å². The number of nitrogens with zero attached hydrogens (tertiary/aromatic N) is 4. The molecule has 0 aliphatic carbocycles. The van der Waals surface area contributed by atoms with Crippen LogP contribution in [0.5, 0.6) is 0 Å². The van der Waals surface area contributed by atoms with Gasteiger partial charge < -0.3 is 14.7 Å². The highest BCUT2D eigenvalue weighted by Crippen LogP contribution is 2.13. The maximum Gasteiger partial charge on any atom is 0.194 e. The topological polar surface area (TPSA) is 56.9 Å². The molecular weight excluding hydrogens is 449 g/mol. The van der Waals surface area contributed by atoms with Gasteiger partial charge in [-0.25, -0.2) is 0 Å². The third kappa shape index (κ3) is 5.68. The molecule has 0 unspecified atom stereocenters. The van der Waals surface area contributed by atoms with Crippen LogP contribution >= 0.6 is 35.3 Å².